The maximum Gasteiger partial charge on any atom is 0.433 e. The number of rotatable bonds is 2. The number of aromatic amines is 1. The number of alkyl halides is 3. The fraction of sp³-hybridized carbons (Fsp3) is 0.318. The molecule has 6 nitrogen and oxygen atoms in total. The lowest BCUT2D eigenvalue weighted by atomic mass is 10.0. The van der Waals surface area contributed by atoms with Gasteiger partial charge in [-0.15, -0.1) is 11.3 Å². The number of nitrogens with zero attached hydrogens (tertiary/aromatic N) is 3. The van der Waals surface area contributed by atoms with Crippen LogP contribution in [0.25, 0.3) is 21.3 Å². The molecular formula is C22H19F3N4O2S. The molecule has 0 atom stereocenters. The molecular weight excluding hydrogens is 441 g/mol. The first kappa shape index (κ1) is 20.7. The molecule has 166 valence electrons. The molecule has 1 aromatic carbocycles. The third kappa shape index (κ3) is 3.38. The normalized spacial score (nSPS) is 15.7. The zero-order valence-electron chi connectivity index (χ0n) is 17.1. The lowest BCUT2D eigenvalue weighted by Crippen LogP contribution is -2.40. The van der Waals surface area contributed by atoms with Gasteiger partial charge in [0.2, 0.25) is 0 Å². The minimum Gasteiger partial charge on any atom is -0.338 e. The highest BCUT2D eigenvalue weighted by molar-refractivity contribution is 7.20. The molecule has 1 saturated heterocycles. The summed E-state index contributed by atoms with van der Waals surface area (Å²) in [5.74, 6) is -0.205. The number of hydrogen-bond acceptors (Lipinski definition) is 4. The van der Waals surface area contributed by atoms with Gasteiger partial charge in [0, 0.05) is 24.5 Å². The zero-order valence-corrected chi connectivity index (χ0v) is 17.9. The van der Waals surface area contributed by atoms with E-state index in [-0.39, 0.29) is 22.5 Å². The lowest BCUT2D eigenvalue weighted by Gasteiger charge is -2.32. The van der Waals surface area contributed by atoms with Gasteiger partial charge in [0.1, 0.15) is 10.5 Å². The van der Waals surface area contributed by atoms with Gasteiger partial charge in [-0.25, -0.2) is 9.78 Å². The van der Waals surface area contributed by atoms with E-state index in [1.165, 1.54) is 6.07 Å². The van der Waals surface area contributed by atoms with E-state index in [1.54, 1.807) is 16.4 Å². The molecule has 1 aliphatic rings. The largest absolute Gasteiger partial charge is 0.433 e. The molecule has 0 unspecified atom stereocenters. The molecule has 0 spiro atoms. The Hall–Kier alpha value is -3.14. The average Bonchev–Trinajstić information content (AvgIpc) is 3.28. The maximum atomic E-state index is 13.2. The number of pyridine rings is 1. The molecule has 0 aliphatic carbocycles. The highest BCUT2D eigenvalue weighted by atomic mass is 32.1. The second-order valence-corrected chi connectivity index (χ2v) is 8.94. The number of thiophene rings is 1. The number of para-hydroxylation sites is 2. The second kappa shape index (κ2) is 7.47. The summed E-state index contributed by atoms with van der Waals surface area (Å²) in [4.78, 5) is 34.5. The Morgan fingerprint density at radius 1 is 1.16 bits per heavy atom. The summed E-state index contributed by atoms with van der Waals surface area (Å²) in [5.41, 5.74) is 1.14. The van der Waals surface area contributed by atoms with Crippen LogP contribution in [0.2, 0.25) is 0 Å². The van der Waals surface area contributed by atoms with Crippen molar-refractivity contribution in [2.45, 2.75) is 32.0 Å². The Morgan fingerprint density at radius 2 is 1.88 bits per heavy atom. The van der Waals surface area contributed by atoms with E-state index in [0.717, 1.165) is 28.4 Å². The number of piperidine rings is 1. The molecule has 1 fully saturated rings. The second-order valence-electron chi connectivity index (χ2n) is 7.94. The van der Waals surface area contributed by atoms with Crippen molar-refractivity contribution in [2.75, 3.05) is 13.1 Å². The summed E-state index contributed by atoms with van der Waals surface area (Å²) >= 11 is 0.996. The molecule has 0 saturated carbocycles. The third-order valence-corrected chi connectivity index (χ3v) is 7.22. The molecule has 5 rings (SSSR count). The van der Waals surface area contributed by atoms with Crippen molar-refractivity contribution >= 4 is 38.5 Å². The van der Waals surface area contributed by atoms with E-state index in [0.29, 0.717) is 41.8 Å². The van der Waals surface area contributed by atoms with Gasteiger partial charge in [0.05, 0.1) is 15.9 Å². The molecule has 4 aromatic rings. The monoisotopic (exact) mass is 460 g/mol. The van der Waals surface area contributed by atoms with Crippen molar-refractivity contribution in [3.8, 4) is 0 Å². The highest BCUT2D eigenvalue weighted by Crippen LogP contribution is 2.35. The average molecular weight is 460 g/mol. The molecule has 0 bridgehead atoms. The van der Waals surface area contributed by atoms with E-state index < -0.39 is 11.9 Å². The van der Waals surface area contributed by atoms with Crippen LogP contribution in [0.3, 0.4) is 0 Å². The lowest BCUT2D eigenvalue weighted by molar-refractivity contribution is -0.140. The molecule has 1 aliphatic heterocycles. The topological polar surface area (TPSA) is 71.0 Å². The van der Waals surface area contributed by atoms with Gasteiger partial charge in [-0.1, -0.05) is 12.1 Å². The molecule has 1 N–H and O–H groups in total. The van der Waals surface area contributed by atoms with Crippen LogP contribution in [-0.4, -0.2) is 38.4 Å². The van der Waals surface area contributed by atoms with Gasteiger partial charge in [-0.2, -0.15) is 13.2 Å². The summed E-state index contributed by atoms with van der Waals surface area (Å²) in [7, 11) is 0. The van der Waals surface area contributed by atoms with E-state index in [1.807, 2.05) is 24.3 Å². The first-order valence-corrected chi connectivity index (χ1v) is 11.0. The first-order valence-electron chi connectivity index (χ1n) is 10.2. The van der Waals surface area contributed by atoms with Crippen molar-refractivity contribution in [3.05, 3.63) is 63.0 Å². The molecule has 1 amide bonds. The summed E-state index contributed by atoms with van der Waals surface area (Å²) in [6.07, 6.45) is -3.29. The molecule has 32 heavy (non-hydrogen) atoms. The predicted octanol–water partition coefficient (Wildman–Crippen LogP) is 4.74. The number of H-pyrrole nitrogens is 1. The molecule has 0 radical (unpaired) electrons. The number of fused-ring (bicyclic) bond motifs is 2. The number of aryl methyl sites for hydroxylation is 1. The molecule has 10 heteroatoms. The number of imidazole rings is 1. The van der Waals surface area contributed by atoms with E-state index >= 15 is 0 Å². The Bertz CT molecular complexity index is 1390. The highest BCUT2D eigenvalue weighted by Gasteiger charge is 2.34. The van der Waals surface area contributed by atoms with Crippen LogP contribution in [0.4, 0.5) is 13.2 Å². The third-order valence-electron chi connectivity index (χ3n) is 6.03. The van der Waals surface area contributed by atoms with Gasteiger partial charge < -0.3 is 9.88 Å². The van der Waals surface area contributed by atoms with E-state index in [2.05, 4.69) is 9.97 Å². The van der Waals surface area contributed by atoms with E-state index in [4.69, 9.17) is 0 Å². The van der Waals surface area contributed by atoms with Crippen LogP contribution in [0.1, 0.15) is 39.8 Å². The zero-order chi connectivity index (χ0) is 22.6. The smallest absolute Gasteiger partial charge is 0.338 e. The fourth-order valence-corrected chi connectivity index (χ4v) is 5.52. The van der Waals surface area contributed by atoms with Crippen molar-refractivity contribution in [2.24, 2.45) is 0 Å². The number of hydrogen-bond donors (Lipinski definition) is 1. The maximum absolute atomic E-state index is 13.2. The van der Waals surface area contributed by atoms with Gasteiger partial charge in [-0.05, 0) is 49.6 Å². The summed E-state index contributed by atoms with van der Waals surface area (Å²) in [6, 6.07) is 9.80. The Kier molecular flexibility index (Phi) is 4.85. The molecule has 4 heterocycles. The van der Waals surface area contributed by atoms with Gasteiger partial charge >= 0.3 is 11.9 Å². The van der Waals surface area contributed by atoms with Crippen LogP contribution >= 0.6 is 11.3 Å². The number of carbonyl (C=O) groups excluding carboxylic acids is 1. The van der Waals surface area contributed by atoms with Crippen molar-refractivity contribution < 1.29 is 18.0 Å². The Labute approximate surface area is 184 Å². The first-order chi connectivity index (χ1) is 15.2. The quantitative estimate of drug-likeness (QED) is 0.470. The van der Waals surface area contributed by atoms with Crippen molar-refractivity contribution in [1.82, 2.24) is 19.4 Å². The van der Waals surface area contributed by atoms with Crippen LogP contribution in [0, 0.1) is 6.92 Å². The summed E-state index contributed by atoms with van der Waals surface area (Å²) in [5, 5.41) is 0.562. The van der Waals surface area contributed by atoms with Gasteiger partial charge in [0.15, 0.2) is 0 Å². The van der Waals surface area contributed by atoms with Crippen LogP contribution < -0.4 is 5.69 Å². The van der Waals surface area contributed by atoms with Gasteiger partial charge in [0.25, 0.3) is 5.91 Å². The fourth-order valence-electron chi connectivity index (χ4n) is 4.37. The van der Waals surface area contributed by atoms with Crippen LogP contribution in [0.5, 0.6) is 0 Å². The minimum absolute atomic E-state index is 0.0257. The standard InChI is InChI=1S/C22H19F3N4O2S/c1-12-14-6-7-17(22(23,24)25)27-19(14)32-18(12)20(30)28-10-8-13(9-11-28)29-16-5-3-2-4-15(16)26-21(29)31/h2-7,13H,8-11H2,1H3,(H,26,31). The van der Waals surface area contributed by atoms with E-state index in [9.17, 15) is 22.8 Å². The summed E-state index contributed by atoms with van der Waals surface area (Å²) in [6.45, 7) is 2.66. The number of carbonyl (C=O) groups is 1. The van der Waals surface area contributed by atoms with Crippen LogP contribution in [-0.2, 0) is 6.18 Å². The van der Waals surface area contributed by atoms with Crippen molar-refractivity contribution in [1.29, 1.82) is 0 Å². The number of nitrogens with one attached hydrogen (secondary N) is 1. The number of amides is 1. The van der Waals surface area contributed by atoms with Gasteiger partial charge in [-0.3, -0.25) is 9.36 Å². The molecule has 3 aromatic heterocycles. The number of benzene rings is 1. The predicted molar refractivity (Wildman–Crippen MR) is 116 cm³/mol. The summed E-state index contributed by atoms with van der Waals surface area (Å²) < 4.78 is 40.7. The van der Waals surface area contributed by atoms with Crippen molar-refractivity contribution in [3.63, 3.8) is 0 Å². The number of halogens is 3. The minimum atomic E-state index is -4.53. The van der Waals surface area contributed by atoms with Crippen LogP contribution in [0.15, 0.2) is 41.2 Å². The Morgan fingerprint density at radius 3 is 2.59 bits per heavy atom. The SMILES string of the molecule is Cc1c(C(=O)N2CCC(n3c(=O)[nH]c4ccccc43)CC2)sc2nc(C(F)(F)F)ccc12. The Balaban J connectivity index is 1.37. The number of likely N-dealkylation sites (tertiary alicyclic amines) is 1. The number of aromatic nitrogens is 3.